The number of nitrogens with one attached hydrogen (secondary N) is 3. The molecule has 0 saturated carbocycles. The molecule has 2 aromatic rings. The fourth-order valence-electron chi connectivity index (χ4n) is 3.30. The van der Waals surface area contributed by atoms with E-state index in [2.05, 4.69) is 32.3 Å². The van der Waals surface area contributed by atoms with Gasteiger partial charge in [0.15, 0.2) is 0 Å². The maximum Gasteiger partial charge on any atom is 0.213 e. The Morgan fingerprint density at radius 3 is 2.95 bits per heavy atom. The van der Waals surface area contributed by atoms with Crippen LogP contribution < -0.4 is 10.6 Å². The minimum absolute atomic E-state index is 0.454. The van der Waals surface area contributed by atoms with Crippen molar-refractivity contribution in [2.45, 2.75) is 38.0 Å². The van der Waals surface area contributed by atoms with E-state index in [0.717, 1.165) is 37.9 Å². The van der Waals surface area contributed by atoms with Crippen molar-refractivity contribution in [1.29, 1.82) is 0 Å². The predicted octanol–water partition coefficient (Wildman–Crippen LogP) is 1.42. The van der Waals surface area contributed by atoms with E-state index in [4.69, 9.17) is 12.2 Å². The van der Waals surface area contributed by atoms with Gasteiger partial charge in [-0.25, -0.2) is 4.98 Å². The molecule has 1 unspecified atom stereocenters. The number of hydrogen-bond donors (Lipinski definition) is 3. The van der Waals surface area contributed by atoms with E-state index in [1.165, 1.54) is 21.8 Å². The van der Waals surface area contributed by atoms with Crippen molar-refractivity contribution in [1.82, 2.24) is 20.2 Å². The quantitative estimate of drug-likeness (QED) is 0.688. The van der Waals surface area contributed by atoms with Crippen LogP contribution in [0.3, 0.4) is 0 Å². The number of hydrogen-bond acceptors (Lipinski definition) is 2. The zero-order valence-corrected chi connectivity index (χ0v) is 11.4. The second-order valence-electron chi connectivity index (χ2n) is 5.39. The molecular formula is C14H16N4S. The maximum atomic E-state index is 5.05. The van der Waals surface area contributed by atoms with Gasteiger partial charge in [-0.15, -0.1) is 0 Å². The molecule has 98 valence electrons. The number of aromatic amines is 3. The molecule has 2 aromatic heterocycles. The molecule has 1 atom stereocenters. The number of fused-ring (bicyclic) bond motifs is 3. The van der Waals surface area contributed by atoms with Gasteiger partial charge < -0.3 is 4.98 Å². The van der Waals surface area contributed by atoms with E-state index >= 15 is 0 Å². The van der Waals surface area contributed by atoms with Gasteiger partial charge in [0.25, 0.3) is 0 Å². The Bertz CT molecular complexity index is 792. The number of aromatic nitrogens is 4. The van der Waals surface area contributed by atoms with Crippen LogP contribution in [0.5, 0.6) is 0 Å². The van der Waals surface area contributed by atoms with E-state index in [0.29, 0.717) is 10.7 Å². The highest BCUT2D eigenvalue weighted by Crippen LogP contribution is 2.28. The average Bonchev–Trinajstić information content (AvgIpc) is 3.01. The molecule has 0 saturated heterocycles. The van der Waals surface area contributed by atoms with Gasteiger partial charge in [-0.05, 0) is 55.1 Å². The highest BCUT2D eigenvalue weighted by molar-refractivity contribution is 7.71. The molecule has 0 fully saturated rings. The van der Waals surface area contributed by atoms with Gasteiger partial charge in [-0.3, -0.25) is 10.2 Å². The first-order valence-electron chi connectivity index (χ1n) is 6.86. The van der Waals surface area contributed by atoms with Crippen LogP contribution in [0.25, 0.3) is 12.2 Å². The second-order valence-corrected chi connectivity index (χ2v) is 5.77. The van der Waals surface area contributed by atoms with Gasteiger partial charge in [0.2, 0.25) is 4.77 Å². The lowest BCUT2D eigenvalue weighted by Gasteiger charge is -2.20. The molecule has 0 radical (unpaired) electrons. The third-order valence-corrected chi connectivity index (χ3v) is 4.42. The Hall–Kier alpha value is -1.62. The summed E-state index contributed by atoms with van der Waals surface area (Å²) in [4.78, 5) is 7.96. The van der Waals surface area contributed by atoms with Crippen molar-refractivity contribution in [2.24, 2.45) is 0 Å². The molecule has 0 aliphatic heterocycles. The summed E-state index contributed by atoms with van der Waals surface area (Å²) in [5, 5.41) is 8.77. The van der Waals surface area contributed by atoms with Gasteiger partial charge >= 0.3 is 0 Å². The molecule has 2 heterocycles. The number of nitrogens with zero attached hydrogens (tertiary/aromatic N) is 1. The summed E-state index contributed by atoms with van der Waals surface area (Å²) in [6.07, 6.45) is 10.3. The van der Waals surface area contributed by atoms with Crippen molar-refractivity contribution >= 4 is 24.4 Å². The van der Waals surface area contributed by atoms with Crippen molar-refractivity contribution in [3.63, 3.8) is 0 Å². The first-order chi connectivity index (χ1) is 9.31. The maximum absolute atomic E-state index is 5.05. The van der Waals surface area contributed by atoms with Crippen LogP contribution in [0.15, 0.2) is 0 Å². The number of aryl methyl sites for hydroxylation is 1. The Morgan fingerprint density at radius 1 is 1.21 bits per heavy atom. The van der Waals surface area contributed by atoms with Gasteiger partial charge in [0, 0.05) is 17.0 Å². The molecule has 4 rings (SSSR count). The van der Waals surface area contributed by atoms with E-state index in [1.54, 1.807) is 0 Å². The zero-order chi connectivity index (χ0) is 12.8. The largest absolute Gasteiger partial charge is 0.358 e. The zero-order valence-electron chi connectivity index (χ0n) is 10.6. The van der Waals surface area contributed by atoms with Crippen LogP contribution in [-0.2, 0) is 12.8 Å². The molecule has 19 heavy (non-hydrogen) atoms. The standard InChI is InChI=1S/C14H16N4S/c19-14-16-13(17-18-14)8-5-6-12-10(7-8)9-3-1-2-4-11(9)15-12/h3-4,8,15H,1-2,5-7H2,(H2,16,17,18,19). The van der Waals surface area contributed by atoms with Crippen LogP contribution in [0.1, 0.15) is 42.3 Å². The predicted molar refractivity (Wildman–Crippen MR) is 76.7 cm³/mol. The van der Waals surface area contributed by atoms with Gasteiger partial charge in [0.1, 0.15) is 5.82 Å². The summed E-state index contributed by atoms with van der Waals surface area (Å²) >= 11 is 5.05. The first kappa shape index (κ1) is 11.2. The fraction of sp³-hybridized carbons (Fsp3) is 0.429. The molecule has 4 nitrogen and oxygen atoms in total. The second kappa shape index (κ2) is 4.20. The van der Waals surface area contributed by atoms with Crippen molar-refractivity contribution in [3.05, 3.63) is 32.4 Å². The Kier molecular flexibility index (Phi) is 2.48. The smallest absolute Gasteiger partial charge is 0.213 e. The Balaban J connectivity index is 1.78. The van der Waals surface area contributed by atoms with Crippen molar-refractivity contribution in [3.8, 4) is 0 Å². The summed E-state index contributed by atoms with van der Waals surface area (Å²) in [6, 6.07) is 0. The minimum Gasteiger partial charge on any atom is -0.358 e. The molecule has 0 spiro atoms. The highest BCUT2D eigenvalue weighted by Gasteiger charge is 2.24. The van der Waals surface area contributed by atoms with E-state index < -0.39 is 0 Å². The molecule has 2 aliphatic rings. The Labute approximate surface area is 115 Å². The molecule has 0 bridgehead atoms. The van der Waals surface area contributed by atoms with Crippen molar-refractivity contribution in [2.75, 3.05) is 0 Å². The summed E-state index contributed by atoms with van der Waals surface area (Å²) in [6.45, 7) is 0. The summed E-state index contributed by atoms with van der Waals surface area (Å²) < 4.78 is 0.553. The first-order valence-corrected chi connectivity index (χ1v) is 7.27. The molecule has 0 aromatic carbocycles. The molecule has 3 N–H and O–H groups in total. The monoisotopic (exact) mass is 272 g/mol. The van der Waals surface area contributed by atoms with Crippen LogP contribution in [0.2, 0.25) is 0 Å². The lowest BCUT2D eigenvalue weighted by Crippen LogP contribution is -2.28. The van der Waals surface area contributed by atoms with Crippen LogP contribution in [0.4, 0.5) is 0 Å². The van der Waals surface area contributed by atoms with Crippen molar-refractivity contribution < 1.29 is 0 Å². The van der Waals surface area contributed by atoms with Crippen LogP contribution in [0, 0.1) is 4.77 Å². The third kappa shape index (κ3) is 1.80. The summed E-state index contributed by atoms with van der Waals surface area (Å²) in [5.74, 6) is 1.46. The number of H-pyrrole nitrogens is 3. The Morgan fingerprint density at radius 2 is 2.11 bits per heavy atom. The number of rotatable bonds is 1. The molecular weight excluding hydrogens is 256 g/mol. The average molecular weight is 272 g/mol. The topological polar surface area (TPSA) is 60.3 Å². The molecule has 2 aliphatic carbocycles. The SMILES string of the molecule is S=c1nc(C2CCc3[nH]c4c(c3C2)=CCCC=4)[nH][nH]1. The van der Waals surface area contributed by atoms with E-state index in [-0.39, 0.29) is 0 Å². The van der Waals surface area contributed by atoms with Gasteiger partial charge in [0.05, 0.1) is 0 Å². The minimum atomic E-state index is 0.454. The molecule has 5 heteroatoms. The lowest BCUT2D eigenvalue weighted by atomic mass is 9.86. The third-order valence-electron chi connectivity index (χ3n) is 4.23. The molecule has 0 amide bonds. The highest BCUT2D eigenvalue weighted by atomic mass is 32.1. The van der Waals surface area contributed by atoms with Crippen LogP contribution >= 0.6 is 12.2 Å². The summed E-state index contributed by atoms with van der Waals surface area (Å²) in [5.41, 5.74) is 2.91. The van der Waals surface area contributed by atoms with E-state index in [9.17, 15) is 0 Å². The van der Waals surface area contributed by atoms with Crippen LogP contribution in [-0.4, -0.2) is 20.2 Å². The fourth-order valence-corrected chi connectivity index (χ4v) is 3.45. The van der Waals surface area contributed by atoms with Gasteiger partial charge in [-0.2, -0.15) is 0 Å². The lowest BCUT2D eigenvalue weighted by molar-refractivity contribution is 0.551. The van der Waals surface area contributed by atoms with E-state index in [1.807, 2.05) is 0 Å². The van der Waals surface area contributed by atoms with Gasteiger partial charge in [-0.1, -0.05) is 12.2 Å². The summed E-state index contributed by atoms with van der Waals surface area (Å²) in [7, 11) is 0. The normalized spacial score (nSPS) is 21.2.